The van der Waals surface area contributed by atoms with Crippen LogP contribution in [0.3, 0.4) is 0 Å². The van der Waals surface area contributed by atoms with Crippen molar-refractivity contribution in [2.24, 2.45) is 0 Å². The predicted octanol–water partition coefficient (Wildman–Crippen LogP) is 2.22. The van der Waals surface area contributed by atoms with Gasteiger partial charge in [0, 0.05) is 12.1 Å². The van der Waals surface area contributed by atoms with Gasteiger partial charge in [-0.25, -0.2) is 4.79 Å². The van der Waals surface area contributed by atoms with Crippen LogP contribution in [0.1, 0.15) is 30.9 Å². The number of aryl methyl sites for hydroxylation is 1. The van der Waals surface area contributed by atoms with E-state index in [-0.39, 0.29) is 11.9 Å². The maximum atomic E-state index is 11.7. The highest BCUT2D eigenvalue weighted by molar-refractivity contribution is 5.90. The topological polar surface area (TPSA) is 55.4 Å². The van der Waals surface area contributed by atoms with Crippen molar-refractivity contribution in [1.29, 1.82) is 0 Å². The van der Waals surface area contributed by atoms with Crippen molar-refractivity contribution in [3.8, 4) is 0 Å². The molecule has 0 saturated heterocycles. The van der Waals surface area contributed by atoms with Crippen molar-refractivity contribution in [2.45, 2.75) is 38.8 Å². The fourth-order valence-corrected chi connectivity index (χ4v) is 1.74. The van der Waals surface area contributed by atoms with Gasteiger partial charge in [-0.1, -0.05) is 24.3 Å². The molecule has 1 amide bonds. The molecule has 0 unspecified atom stereocenters. The molecule has 0 radical (unpaired) electrons. The van der Waals surface area contributed by atoms with Gasteiger partial charge in [0.25, 0.3) is 5.91 Å². The van der Waals surface area contributed by atoms with Crippen LogP contribution in [-0.4, -0.2) is 24.0 Å². The normalized spacial score (nSPS) is 15.9. The lowest BCUT2D eigenvalue weighted by Crippen LogP contribution is -2.36. The Balaban J connectivity index is 1.85. The van der Waals surface area contributed by atoms with Gasteiger partial charge in [-0.3, -0.25) is 4.79 Å². The Morgan fingerprint density at radius 1 is 1.35 bits per heavy atom. The van der Waals surface area contributed by atoms with Crippen molar-refractivity contribution in [3.05, 3.63) is 41.5 Å². The van der Waals surface area contributed by atoms with E-state index in [1.165, 1.54) is 6.08 Å². The Labute approximate surface area is 118 Å². The Bertz CT molecular complexity index is 532. The van der Waals surface area contributed by atoms with Crippen LogP contribution in [0.5, 0.6) is 0 Å². The summed E-state index contributed by atoms with van der Waals surface area (Å²) in [4.78, 5) is 23.3. The van der Waals surface area contributed by atoms with Crippen LogP contribution in [0.25, 0.3) is 6.08 Å². The maximum Gasteiger partial charge on any atom is 0.331 e. The van der Waals surface area contributed by atoms with Gasteiger partial charge in [0.15, 0.2) is 6.10 Å². The number of hydrogen-bond donors (Lipinski definition) is 1. The first-order valence-corrected chi connectivity index (χ1v) is 6.81. The predicted molar refractivity (Wildman–Crippen MR) is 76.9 cm³/mol. The summed E-state index contributed by atoms with van der Waals surface area (Å²) in [6, 6.07) is 8.00. The molecule has 0 bridgehead atoms. The number of carbonyl (C=O) groups excluding carboxylic acids is 2. The SMILES string of the molecule is Cc1ccccc1/C=C/C(=O)O[C@H](C)C(=O)NC1CC1. The van der Waals surface area contributed by atoms with E-state index >= 15 is 0 Å². The smallest absolute Gasteiger partial charge is 0.331 e. The number of nitrogens with one attached hydrogen (secondary N) is 1. The van der Waals surface area contributed by atoms with Crippen LogP contribution in [0.2, 0.25) is 0 Å². The van der Waals surface area contributed by atoms with Crippen molar-refractivity contribution in [2.75, 3.05) is 0 Å². The molecule has 4 heteroatoms. The van der Waals surface area contributed by atoms with Crippen molar-refractivity contribution in [1.82, 2.24) is 5.32 Å². The van der Waals surface area contributed by atoms with Crippen LogP contribution in [0, 0.1) is 6.92 Å². The summed E-state index contributed by atoms with van der Waals surface area (Å²) >= 11 is 0. The molecule has 20 heavy (non-hydrogen) atoms. The fraction of sp³-hybridized carbons (Fsp3) is 0.375. The zero-order valence-corrected chi connectivity index (χ0v) is 11.8. The molecule has 1 fully saturated rings. The average molecular weight is 273 g/mol. The largest absolute Gasteiger partial charge is 0.449 e. The van der Waals surface area contributed by atoms with Crippen molar-refractivity contribution in [3.63, 3.8) is 0 Å². The molecule has 1 aliphatic carbocycles. The summed E-state index contributed by atoms with van der Waals surface area (Å²) in [6.07, 6.45) is 4.32. The summed E-state index contributed by atoms with van der Waals surface area (Å²) in [7, 11) is 0. The fourth-order valence-electron chi connectivity index (χ4n) is 1.74. The van der Waals surface area contributed by atoms with Gasteiger partial charge in [-0.05, 0) is 43.9 Å². The Hall–Kier alpha value is -2.10. The van der Waals surface area contributed by atoms with E-state index in [1.807, 2.05) is 31.2 Å². The van der Waals surface area contributed by atoms with E-state index in [1.54, 1.807) is 13.0 Å². The molecule has 1 aromatic carbocycles. The minimum Gasteiger partial charge on any atom is -0.449 e. The molecule has 0 aromatic heterocycles. The Morgan fingerprint density at radius 3 is 2.70 bits per heavy atom. The molecule has 1 saturated carbocycles. The molecule has 1 aliphatic rings. The first kappa shape index (κ1) is 14.3. The molecular weight excluding hydrogens is 254 g/mol. The zero-order chi connectivity index (χ0) is 14.5. The van der Waals surface area contributed by atoms with Gasteiger partial charge in [0.05, 0.1) is 0 Å². The average Bonchev–Trinajstić information content (AvgIpc) is 3.21. The molecule has 0 heterocycles. The van der Waals surface area contributed by atoms with E-state index in [0.717, 1.165) is 24.0 Å². The van der Waals surface area contributed by atoms with Gasteiger partial charge in [0.2, 0.25) is 0 Å². The molecular formula is C16H19NO3. The third-order valence-corrected chi connectivity index (χ3v) is 3.17. The molecule has 1 N–H and O–H groups in total. The van der Waals surface area contributed by atoms with Crippen LogP contribution < -0.4 is 5.32 Å². The Kier molecular flexibility index (Phi) is 4.56. The summed E-state index contributed by atoms with van der Waals surface area (Å²) in [5, 5.41) is 2.80. The second kappa shape index (κ2) is 6.37. The lowest BCUT2D eigenvalue weighted by Gasteiger charge is -2.11. The van der Waals surface area contributed by atoms with Crippen LogP contribution in [-0.2, 0) is 14.3 Å². The monoisotopic (exact) mass is 273 g/mol. The van der Waals surface area contributed by atoms with Crippen molar-refractivity contribution >= 4 is 18.0 Å². The van der Waals surface area contributed by atoms with Gasteiger partial charge in [-0.2, -0.15) is 0 Å². The number of amides is 1. The summed E-state index contributed by atoms with van der Waals surface area (Å²) in [6.45, 7) is 3.55. The Morgan fingerprint density at radius 2 is 2.05 bits per heavy atom. The van der Waals surface area contributed by atoms with Crippen molar-refractivity contribution < 1.29 is 14.3 Å². The third kappa shape index (κ3) is 4.23. The molecule has 1 atom stereocenters. The standard InChI is InChI=1S/C16H19NO3/c1-11-5-3-4-6-13(11)7-10-15(18)20-12(2)16(19)17-14-8-9-14/h3-7,10,12,14H,8-9H2,1-2H3,(H,17,19)/b10-7+/t12-/m1/s1. The number of ether oxygens (including phenoxy) is 1. The number of esters is 1. The minimum absolute atomic E-state index is 0.231. The van der Waals surface area contributed by atoms with Gasteiger partial charge < -0.3 is 10.1 Å². The zero-order valence-electron chi connectivity index (χ0n) is 11.8. The van der Waals surface area contributed by atoms with Crippen LogP contribution in [0.4, 0.5) is 0 Å². The number of benzene rings is 1. The molecule has 0 aliphatic heterocycles. The molecule has 4 nitrogen and oxygen atoms in total. The van der Waals surface area contributed by atoms with Crippen LogP contribution >= 0.6 is 0 Å². The third-order valence-electron chi connectivity index (χ3n) is 3.17. The number of hydrogen-bond acceptors (Lipinski definition) is 3. The van der Waals surface area contributed by atoms with Gasteiger partial charge in [-0.15, -0.1) is 0 Å². The second-order valence-electron chi connectivity index (χ2n) is 5.05. The van der Waals surface area contributed by atoms with E-state index < -0.39 is 12.1 Å². The quantitative estimate of drug-likeness (QED) is 0.661. The highest BCUT2D eigenvalue weighted by Gasteiger charge is 2.26. The first-order chi connectivity index (χ1) is 9.56. The second-order valence-corrected chi connectivity index (χ2v) is 5.05. The summed E-state index contributed by atoms with van der Waals surface area (Å²) in [5.74, 6) is -0.739. The van der Waals surface area contributed by atoms with Gasteiger partial charge in [0.1, 0.15) is 0 Å². The van der Waals surface area contributed by atoms with E-state index in [4.69, 9.17) is 4.74 Å². The first-order valence-electron chi connectivity index (χ1n) is 6.81. The number of rotatable bonds is 5. The minimum atomic E-state index is -0.760. The molecule has 2 rings (SSSR count). The molecule has 0 spiro atoms. The summed E-state index contributed by atoms with van der Waals surface area (Å²) in [5.41, 5.74) is 2.04. The lowest BCUT2D eigenvalue weighted by molar-refractivity contribution is -0.150. The lowest BCUT2D eigenvalue weighted by atomic mass is 10.1. The van der Waals surface area contributed by atoms with E-state index in [9.17, 15) is 9.59 Å². The summed E-state index contributed by atoms with van der Waals surface area (Å²) < 4.78 is 5.06. The molecule has 106 valence electrons. The maximum absolute atomic E-state index is 11.7. The number of carbonyl (C=O) groups is 2. The van der Waals surface area contributed by atoms with Crippen LogP contribution in [0.15, 0.2) is 30.3 Å². The van der Waals surface area contributed by atoms with E-state index in [2.05, 4.69) is 5.32 Å². The van der Waals surface area contributed by atoms with Gasteiger partial charge >= 0.3 is 5.97 Å². The molecule has 1 aromatic rings. The highest BCUT2D eigenvalue weighted by Crippen LogP contribution is 2.18. The highest BCUT2D eigenvalue weighted by atomic mass is 16.5. The van der Waals surface area contributed by atoms with E-state index in [0.29, 0.717) is 0 Å².